The quantitative estimate of drug-likeness (QED) is 0.557. The minimum atomic E-state index is -0.706. The van der Waals surface area contributed by atoms with Gasteiger partial charge in [-0.25, -0.2) is 0 Å². The molecule has 1 heterocycles. The maximum atomic E-state index is 12.2. The molecule has 0 spiro atoms. The fourth-order valence-electron chi connectivity index (χ4n) is 3.01. The van der Waals surface area contributed by atoms with Gasteiger partial charge in [0.25, 0.3) is 5.56 Å². The summed E-state index contributed by atoms with van der Waals surface area (Å²) in [5, 5.41) is 19.7. The monoisotopic (exact) mass is 454 g/mol. The van der Waals surface area contributed by atoms with Gasteiger partial charge in [0.1, 0.15) is 35.7 Å². The molecule has 3 aromatic rings. The van der Waals surface area contributed by atoms with Crippen molar-refractivity contribution in [1.82, 2.24) is 4.98 Å². The van der Waals surface area contributed by atoms with Gasteiger partial charge in [0.15, 0.2) is 11.5 Å². The maximum Gasteiger partial charge on any atom is 0.268 e. The standard InChI is InChI=1S/C22H16Cl2N4O3/c1-2-30-18-8-13(19-14(9-25)21(27)28-22(29)15(19)10-26)7-17(24)20(18)31-11-12-5-3-4-6-16(12)23/h3-8H,2,11H2,1H3,(H3,27,28,29). The largest absolute Gasteiger partial charge is 0.490 e. The number of nitrogens with two attached hydrogens (primary N) is 1. The average Bonchev–Trinajstić information content (AvgIpc) is 2.74. The molecule has 0 radical (unpaired) electrons. The van der Waals surface area contributed by atoms with Crippen molar-refractivity contribution in [2.75, 3.05) is 12.3 Å². The van der Waals surface area contributed by atoms with Gasteiger partial charge in [0.05, 0.1) is 11.6 Å². The molecule has 2 aromatic carbocycles. The molecule has 0 atom stereocenters. The Morgan fingerprint density at radius 1 is 1.06 bits per heavy atom. The van der Waals surface area contributed by atoms with Gasteiger partial charge in [0, 0.05) is 16.1 Å². The number of H-pyrrole nitrogens is 1. The summed E-state index contributed by atoms with van der Waals surface area (Å²) in [6, 6.07) is 14.0. The number of rotatable bonds is 6. The van der Waals surface area contributed by atoms with E-state index in [0.717, 1.165) is 5.56 Å². The molecule has 3 N–H and O–H groups in total. The molecule has 3 rings (SSSR count). The van der Waals surface area contributed by atoms with E-state index in [9.17, 15) is 15.3 Å². The normalized spacial score (nSPS) is 10.2. The highest BCUT2D eigenvalue weighted by Crippen LogP contribution is 2.42. The van der Waals surface area contributed by atoms with Crippen molar-refractivity contribution >= 4 is 29.0 Å². The van der Waals surface area contributed by atoms with E-state index in [1.54, 1.807) is 19.1 Å². The maximum absolute atomic E-state index is 12.2. The van der Waals surface area contributed by atoms with Gasteiger partial charge in [-0.05, 0) is 30.7 Å². The molecule has 31 heavy (non-hydrogen) atoms. The predicted molar refractivity (Wildman–Crippen MR) is 118 cm³/mol. The lowest BCUT2D eigenvalue weighted by atomic mass is 9.96. The molecule has 0 aliphatic rings. The van der Waals surface area contributed by atoms with Crippen LogP contribution >= 0.6 is 23.2 Å². The highest BCUT2D eigenvalue weighted by atomic mass is 35.5. The fraction of sp³-hybridized carbons (Fsp3) is 0.136. The first-order chi connectivity index (χ1) is 14.9. The molecule has 7 nitrogen and oxygen atoms in total. The van der Waals surface area contributed by atoms with Crippen LogP contribution in [-0.4, -0.2) is 11.6 Å². The lowest BCUT2D eigenvalue weighted by Gasteiger charge is -2.17. The molecule has 0 amide bonds. The molecule has 0 fully saturated rings. The number of pyridine rings is 1. The number of nitrogen functional groups attached to an aromatic ring is 1. The average molecular weight is 455 g/mol. The molecule has 0 aliphatic heterocycles. The third kappa shape index (κ3) is 4.44. The lowest BCUT2D eigenvalue weighted by Crippen LogP contribution is -2.16. The summed E-state index contributed by atoms with van der Waals surface area (Å²) in [5.41, 5.74) is 5.95. The SMILES string of the molecule is CCOc1cc(-c2c(C#N)c(N)[nH]c(=O)c2C#N)cc(Cl)c1OCc1ccccc1Cl. The zero-order valence-electron chi connectivity index (χ0n) is 16.3. The zero-order chi connectivity index (χ0) is 22.5. The molecule has 0 bridgehead atoms. The second-order valence-corrected chi connectivity index (χ2v) is 7.13. The summed E-state index contributed by atoms with van der Waals surface area (Å²) in [6.07, 6.45) is 0. The van der Waals surface area contributed by atoms with E-state index in [0.29, 0.717) is 17.2 Å². The Labute approximate surface area is 188 Å². The van der Waals surface area contributed by atoms with Crippen LogP contribution in [-0.2, 0) is 6.61 Å². The number of hydrogen-bond acceptors (Lipinski definition) is 6. The molecule has 9 heteroatoms. The molecule has 0 aliphatic carbocycles. The summed E-state index contributed by atoms with van der Waals surface area (Å²) in [5.74, 6) is 0.403. The van der Waals surface area contributed by atoms with Crippen molar-refractivity contribution in [1.29, 1.82) is 10.5 Å². The van der Waals surface area contributed by atoms with E-state index in [-0.39, 0.29) is 45.6 Å². The fourth-order valence-corrected chi connectivity index (χ4v) is 3.47. The van der Waals surface area contributed by atoms with Crippen LogP contribution in [0.25, 0.3) is 11.1 Å². The number of nitriles is 2. The number of aromatic nitrogens is 1. The number of benzene rings is 2. The number of nitrogens with one attached hydrogen (secondary N) is 1. The summed E-state index contributed by atoms with van der Waals surface area (Å²) in [7, 11) is 0. The Morgan fingerprint density at radius 3 is 2.42 bits per heavy atom. The molecular weight excluding hydrogens is 439 g/mol. The number of nitrogens with zero attached hydrogens (tertiary/aromatic N) is 2. The number of aromatic amines is 1. The van der Waals surface area contributed by atoms with Crippen LogP contribution in [0.4, 0.5) is 5.82 Å². The first kappa shape index (κ1) is 22.0. The summed E-state index contributed by atoms with van der Waals surface area (Å²) in [4.78, 5) is 14.5. The van der Waals surface area contributed by atoms with Crippen LogP contribution in [0.3, 0.4) is 0 Å². The van der Waals surface area contributed by atoms with Crippen molar-refractivity contribution < 1.29 is 9.47 Å². The van der Waals surface area contributed by atoms with Crippen LogP contribution in [0.2, 0.25) is 10.0 Å². The van der Waals surface area contributed by atoms with E-state index >= 15 is 0 Å². The Bertz CT molecular complexity index is 1290. The summed E-state index contributed by atoms with van der Waals surface area (Å²) < 4.78 is 11.6. The lowest BCUT2D eigenvalue weighted by molar-refractivity contribution is 0.269. The number of ether oxygens (including phenoxy) is 2. The van der Waals surface area contributed by atoms with E-state index < -0.39 is 5.56 Å². The molecule has 1 aromatic heterocycles. The molecule has 156 valence electrons. The van der Waals surface area contributed by atoms with Crippen molar-refractivity contribution in [2.45, 2.75) is 13.5 Å². The van der Waals surface area contributed by atoms with Gasteiger partial charge in [-0.15, -0.1) is 0 Å². The van der Waals surface area contributed by atoms with Gasteiger partial charge in [-0.2, -0.15) is 10.5 Å². The van der Waals surface area contributed by atoms with Gasteiger partial charge in [0.2, 0.25) is 0 Å². The molecule has 0 saturated carbocycles. The zero-order valence-corrected chi connectivity index (χ0v) is 17.8. The molecule has 0 saturated heterocycles. The number of halogens is 2. The minimum Gasteiger partial charge on any atom is -0.490 e. The van der Waals surface area contributed by atoms with Crippen LogP contribution in [0, 0.1) is 22.7 Å². The van der Waals surface area contributed by atoms with Crippen molar-refractivity contribution in [3.05, 3.63) is 73.5 Å². The van der Waals surface area contributed by atoms with Crippen LogP contribution < -0.4 is 20.8 Å². The second kappa shape index (κ2) is 9.44. The summed E-state index contributed by atoms with van der Waals surface area (Å²) >= 11 is 12.7. The highest BCUT2D eigenvalue weighted by molar-refractivity contribution is 6.32. The van der Waals surface area contributed by atoms with Crippen LogP contribution in [0.15, 0.2) is 41.2 Å². The van der Waals surface area contributed by atoms with E-state index in [1.807, 2.05) is 30.3 Å². The molecule has 0 unspecified atom stereocenters. The van der Waals surface area contributed by atoms with Gasteiger partial charge >= 0.3 is 0 Å². The first-order valence-corrected chi connectivity index (χ1v) is 9.85. The van der Waals surface area contributed by atoms with Crippen LogP contribution in [0.5, 0.6) is 11.5 Å². The van der Waals surface area contributed by atoms with Crippen molar-refractivity contribution in [2.24, 2.45) is 0 Å². The third-order valence-corrected chi connectivity index (χ3v) is 5.05. The first-order valence-electron chi connectivity index (χ1n) is 9.10. The number of anilines is 1. The van der Waals surface area contributed by atoms with E-state index in [1.165, 1.54) is 6.07 Å². The summed E-state index contributed by atoms with van der Waals surface area (Å²) in [6.45, 7) is 2.23. The minimum absolute atomic E-state index is 0.0422. The Balaban J connectivity index is 2.14. The van der Waals surface area contributed by atoms with Crippen molar-refractivity contribution in [3.8, 4) is 34.8 Å². The Kier molecular flexibility index (Phi) is 6.71. The topological polar surface area (TPSA) is 125 Å². The molecular formula is C22H16Cl2N4O3. The predicted octanol–water partition coefficient (Wildman–Crippen LogP) is 4.65. The van der Waals surface area contributed by atoms with Gasteiger partial charge < -0.3 is 20.2 Å². The van der Waals surface area contributed by atoms with E-state index in [2.05, 4.69) is 4.98 Å². The van der Waals surface area contributed by atoms with Gasteiger partial charge in [-0.3, -0.25) is 4.79 Å². The van der Waals surface area contributed by atoms with Crippen molar-refractivity contribution in [3.63, 3.8) is 0 Å². The second-order valence-electron chi connectivity index (χ2n) is 6.31. The van der Waals surface area contributed by atoms with Gasteiger partial charge in [-0.1, -0.05) is 41.4 Å². The Hall–Kier alpha value is -3.65. The number of hydrogen-bond donors (Lipinski definition) is 2. The van der Waals surface area contributed by atoms with Crippen LogP contribution in [0.1, 0.15) is 23.6 Å². The Morgan fingerprint density at radius 2 is 1.77 bits per heavy atom. The highest BCUT2D eigenvalue weighted by Gasteiger charge is 2.22. The van der Waals surface area contributed by atoms with E-state index in [4.69, 9.17) is 38.4 Å². The third-order valence-electron chi connectivity index (χ3n) is 4.40. The smallest absolute Gasteiger partial charge is 0.268 e.